The third-order valence-electron chi connectivity index (χ3n) is 2.67. The number of benzene rings is 1. The lowest BCUT2D eigenvalue weighted by atomic mass is 10.2. The molecule has 0 atom stereocenters. The molecule has 1 heterocycles. The molecular formula is C15H17BrN4O. The van der Waals surface area contributed by atoms with E-state index in [0.29, 0.717) is 24.0 Å². The van der Waals surface area contributed by atoms with Gasteiger partial charge in [-0.05, 0) is 30.2 Å². The van der Waals surface area contributed by atoms with E-state index in [1.165, 1.54) is 6.20 Å². The van der Waals surface area contributed by atoms with Crippen LogP contribution in [0.15, 0.2) is 41.1 Å². The number of nitrogens with one attached hydrogen (secondary N) is 2. The number of anilines is 2. The van der Waals surface area contributed by atoms with Crippen LogP contribution in [-0.4, -0.2) is 22.4 Å². The van der Waals surface area contributed by atoms with E-state index in [4.69, 9.17) is 0 Å². The molecule has 2 N–H and O–H groups in total. The molecule has 110 valence electrons. The average molecular weight is 349 g/mol. The summed E-state index contributed by atoms with van der Waals surface area (Å²) in [5.41, 5.74) is 1.22. The van der Waals surface area contributed by atoms with Crippen molar-refractivity contribution in [2.24, 2.45) is 5.92 Å². The average Bonchev–Trinajstić information content (AvgIpc) is 2.48. The summed E-state index contributed by atoms with van der Waals surface area (Å²) in [6.07, 6.45) is 3.02. The molecule has 2 aromatic rings. The first-order chi connectivity index (χ1) is 10.0. The molecule has 0 aliphatic heterocycles. The van der Waals surface area contributed by atoms with Crippen LogP contribution >= 0.6 is 15.9 Å². The maximum Gasteiger partial charge on any atom is 0.271 e. The fourth-order valence-corrected chi connectivity index (χ4v) is 1.84. The van der Waals surface area contributed by atoms with Crippen LogP contribution in [0.3, 0.4) is 0 Å². The van der Waals surface area contributed by atoms with E-state index in [1.54, 1.807) is 6.20 Å². The molecule has 0 aliphatic rings. The molecule has 5 nitrogen and oxygen atoms in total. The minimum absolute atomic E-state index is 0.202. The number of carbonyl (C=O) groups excluding carboxylic acids is 1. The van der Waals surface area contributed by atoms with Crippen LogP contribution in [-0.2, 0) is 0 Å². The summed E-state index contributed by atoms with van der Waals surface area (Å²) in [7, 11) is 0. The van der Waals surface area contributed by atoms with Gasteiger partial charge >= 0.3 is 0 Å². The molecule has 2 rings (SSSR count). The molecule has 1 aromatic heterocycles. The lowest BCUT2D eigenvalue weighted by Crippen LogP contribution is -2.28. The van der Waals surface area contributed by atoms with Crippen molar-refractivity contribution in [1.29, 1.82) is 0 Å². The van der Waals surface area contributed by atoms with E-state index < -0.39 is 0 Å². The monoisotopic (exact) mass is 348 g/mol. The highest BCUT2D eigenvalue weighted by Crippen LogP contribution is 2.17. The zero-order chi connectivity index (χ0) is 15.2. The first-order valence-corrected chi connectivity index (χ1v) is 7.46. The Balaban J connectivity index is 1.98. The molecular weight excluding hydrogens is 332 g/mol. The molecule has 0 spiro atoms. The summed E-state index contributed by atoms with van der Waals surface area (Å²) < 4.78 is 1.01. The first-order valence-electron chi connectivity index (χ1n) is 6.67. The highest BCUT2D eigenvalue weighted by atomic mass is 79.9. The highest BCUT2D eigenvalue weighted by molar-refractivity contribution is 9.10. The van der Waals surface area contributed by atoms with Gasteiger partial charge in [0, 0.05) is 16.7 Å². The molecule has 1 amide bonds. The largest absolute Gasteiger partial charge is 0.350 e. The van der Waals surface area contributed by atoms with Crippen molar-refractivity contribution >= 4 is 33.3 Å². The Labute approximate surface area is 132 Å². The molecule has 0 saturated heterocycles. The van der Waals surface area contributed by atoms with Gasteiger partial charge in [-0.15, -0.1) is 0 Å². The lowest BCUT2D eigenvalue weighted by molar-refractivity contribution is 0.0943. The van der Waals surface area contributed by atoms with Crippen molar-refractivity contribution in [1.82, 2.24) is 15.3 Å². The van der Waals surface area contributed by atoms with Crippen LogP contribution in [0.4, 0.5) is 11.5 Å². The Kier molecular flexibility index (Phi) is 5.27. The van der Waals surface area contributed by atoms with Gasteiger partial charge in [-0.2, -0.15) is 0 Å². The van der Waals surface area contributed by atoms with Crippen LogP contribution in [0.1, 0.15) is 24.3 Å². The van der Waals surface area contributed by atoms with Crippen molar-refractivity contribution in [3.8, 4) is 0 Å². The summed E-state index contributed by atoms with van der Waals surface area (Å²) in [5.74, 6) is 0.796. The smallest absolute Gasteiger partial charge is 0.271 e. The van der Waals surface area contributed by atoms with E-state index in [-0.39, 0.29) is 5.91 Å². The molecule has 0 unspecified atom stereocenters. The SMILES string of the molecule is CC(C)CNC(=O)c1cnc(Nc2ccc(Br)cc2)cn1. The number of hydrogen-bond donors (Lipinski definition) is 2. The third kappa shape index (κ3) is 4.82. The van der Waals surface area contributed by atoms with Crippen molar-refractivity contribution in [3.05, 3.63) is 46.8 Å². The molecule has 21 heavy (non-hydrogen) atoms. The highest BCUT2D eigenvalue weighted by Gasteiger charge is 2.08. The third-order valence-corrected chi connectivity index (χ3v) is 3.20. The summed E-state index contributed by atoms with van der Waals surface area (Å²) in [6, 6.07) is 7.72. The Hall–Kier alpha value is -1.95. The van der Waals surface area contributed by atoms with Crippen LogP contribution in [0, 0.1) is 5.92 Å². The van der Waals surface area contributed by atoms with Gasteiger partial charge in [0.1, 0.15) is 11.5 Å². The number of carbonyl (C=O) groups is 1. The van der Waals surface area contributed by atoms with Gasteiger partial charge in [0.25, 0.3) is 5.91 Å². The molecule has 0 bridgehead atoms. The van der Waals surface area contributed by atoms with Gasteiger partial charge in [-0.1, -0.05) is 29.8 Å². The van der Waals surface area contributed by atoms with Crippen molar-refractivity contribution in [3.63, 3.8) is 0 Å². The predicted octanol–water partition coefficient (Wildman–Crippen LogP) is 3.37. The number of rotatable bonds is 5. The molecule has 0 radical (unpaired) electrons. The number of nitrogens with zero attached hydrogens (tertiary/aromatic N) is 2. The van der Waals surface area contributed by atoms with Gasteiger partial charge in [0.05, 0.1) is 12.4 Å². The molecule has 6 heteroatoms. The normalized spacial score (nSPS) is 10.5. The number of halogens is 1. The van der Waals surface area contributed by atoms with Gasteiger partial charge in [-0.3, -0.25) is 4.79 Å². The van der Waals surface area contributed by atoms with Crippen LogP contribution < -0.4 is 10.6 Å². The second-order valence-electron chi connectivity index (χ2n) is 5.02. The van der Waals surface area contributed by atoms with E-state index in [0.717, 1.165) is 10.2 Å². The number of amides is 1. The van der Waals surface area contributed by atoms with Crippen LogP contribution in [0.2, 0.25) is 0 Å². The molecule has 1 aromatic carbocycles. The summed E-state index contributed by atoms with van der Waals surface area (Å²) >= 11 is 3.38. The Morgan fingerprint density at radius 3 is 2.48 bits per heavy atom. The molecule has 0 saturated carbocycles. The maximum atomic E-state index is 11.8. The van der Waals surface area contributed by atoms with E-state index in [2.05, 4.69) is 36.5 Å². The van der Waals surface area contributed by atoms with Gasteiger partial charge in [0.15, 0.2) is 0 Å². The van der Waals surface area contributed by atoms with E-state index >= 15 is 0 Å². The van der Waals surface area contributed by atoms with Gasteiger partial charge < -0.3 is 10.6 Å². The Bertz CT molecular complexity index is 596. The molecule has 0 aliphatic carbocycles. The van der Waals surface area contributed by atoms with Gasteiger partial charge in [0.2, 0.25) is 0 Å². The second kappa shape index (κ2) is 7.17. The zero-order valence-corrected chi connectivity index (χ0v) is 13.5. The van der Waals surface area contributed by atoms with Crippen molar-refractivity contribution in [2.75, 3.05) is 11.9 Å². The number of aromatic nitrogens is 2. The van der Waals surface area contributed by atoms with Crippen LogP contribution in [0.25, 0.3) is 0 Å². The van der Waals surface area contributed by atoms with E-state index in [1.807, 2.05) is 38.1 Å². The standard InChI is InChI=1S/C15H17BrN4O/c1-10(2)7-19-15(21)13-8-18-14(9-17-13)20-12-5-3-11(16)4-6-12/h3-6,8-10H,7H2,1-2H3,(H,18,20)(H,19,21). The van der Waals surface area contributed by atoms with Crippen molar-refractivity contribution in [2.45, 2.75) is 13.8 Å². The van der Waals surface area contributed by atoms with Gasteiger partial charge in [-0.25, -0.2) is 9.97 Å². The number of hydrogen-bond acceptors (Lipinski definition) is 4. The fourth-order valence-electron chi connectivity index (χ4n) is 1.58. The lowest BCUT2D eigenvalue weighted by Gasteiger charge is -2.08. The zero-order valence-electron chi connectivity index (χ0n) is 11.9. The minimum Gasteiger partial charge on any atom is -0.350 e. The summed E-state index contributed by atoms with van der Waals surface area (Å²) in [4.78, 5) is 20.1. The second-order valence-corrected chi connectivity index (χ2v) is 5.94. The van der Waals surface area contributed by atoms with Crippen LogP contribution in [0.5, 0.6) is 0 Å². The predicted molar refractivity (Wildman–Crippen MR) is 86.6 cm³/mol. The first kappa shape index (κ1) is 15.4. The fraction of sp³-hybridized carbons (Fsp3) is 0.267. The quantitative estimate of drug-likeness (QED) is 0.869. The topological polar surface area (TPSA) is 66.9 Å². The maximum absolute atomic E-state index is 11.8. The van der Waals surface area contributed by atoms with Crippen molar-refractivity contribution < 1.29 is 4.79 Å². The Morgan fingerprint density at radius 1 is 1.19 bits per heavy atom. The molecule has 0 fully saturated rings. The minimum atomic E-state index is -0.202. The summed E-state index contributed by atoms with van der Waals surface area (Å²) in [5, 5.41) is 5.93. The Morgan fingerprint density at radius 2 is 1.90 bits per heavy atom. The van der Waals surface area contributed by atoms with E-state index in [9.17, 15) is 4.79 Å². The summed E-state index contributed by atoms with van der Waals surface area (Å²) in [6.45, 7) is 4.70.